The van der Waals surface area contributed by atoms with Gasteiger partial charge in [0.2, 0.25) is 0 Å². The molecule has 5 nitrogen and oxygen atoms in total. The number of hydrogen-bond donors (Lipinski definition) is 2. The first-order valence-electron chi connectivity index (χ1n) is 9.10. The number of hydrogen-bond acceptors (Lipinski definition) is 3. The van der Waals surface area contributed by atoms with E-state index in [0.29, 0.717) is 6.54 Å². The number of rotatable bonds is 6. The normalized spacial score (nSPS) is 17.1. The van der Waals surface area contributed by atoms with Crippen LogP contribution in [-0.2, 0) is 16.7 Å². The van der Waals surface area contributed by atoms with Crippen LogP contribution in [0, 0.1) is 0 Å². The molecule has 1 aromatic heterocycles. The van der Waals surface area contributed by atoms with E-state index in [1.54, 1.807) is 6.26 Å². The van der Waals surface area contributed by atoms with E-state index in [1.165, 1.54) is 5.56 Å². The summed E-state index contributed by atoms with van der Waals surface area (Å²) in [6.07, 6.45) is 3.58. The van der Waals surface area contributed by atoms with Gasteiger partial charge in [-0.05, 0) is 49.6 Å². The maximum absolute atomic E-state index is 6.25. The molecule has 1 saturated heterocycles. The molecule has 6 heteroatoms. The SMILES string of the molecule is CCNC(=NCc1ccco1)NCC1(c2cccc(Cl)c2)CCOCC1. The highest BCUT2D eigenvalue weighted by molar-refractivity contribution is 6.30. The molecule has 0 atom stereocenters. The number of nitrogens with one attached hydrogen (secondary N) is 2. The zero-order chi connectivity index (χ0) is 18.2. The minimum Gasteiger partial charge on any atom is -0.467 e. The third-order valence-electron chi connectivity index (χ3n) is 4.80. The predicted molar refractivity (Wildman–Crippen MR) is 105 cm³/mol. The molecule has 1 aromatic carbocycles. The summed E-state index contributed by atoms with van der Waals surface area (Å²) in [6, 6.07) is 12.0. The maximum Gasteiger partial charge on any atom is 0.191 e. The molecular formula is C20H26ClN3O2. The van der Waals surface area contributed by atoms with Gasteiger partial charge in [0.25, 0.3) is 0 Å². The zero-order valence-corrected chi connectivity index (χ0v) is 15.9. The molecule has 0 saturated carbocycles. The fourth-order valence-electron chi connectivity index (χ4n) is 3.30. The van der Waals surface area contributed by atoms with Gasteiger partial charge in [0.05, 0.1) is 6.26 Å². The van der Waals surface area contributed by atoms with Gasteiger partial charge in [0.1, 0.15) is 12.3 Å². The van der Waals surface area contributed by atoms with E-state index >= 15 is 0 Å². The molecule has 2 N–H and O–H groups in total. The van der Waals surface area contributed by atoms with Gasteiger partial charge in [-0.1, -0.05) is 23.7 Å². The van der Waals surface area contributed by atoms with Gasteiger partial charge >= 0.3 is 0 Å². The van der Waals surface area contributed by atoms with Crippen molar-refractivity contribution in [2.24, 2.45) is 4.99 Å². The van der Waals surface area contributed by atoms with Crippen molar-refractivity contribution in [3.8, 4) is 0 Å². The Hall–Kier alpha value is -1.98. The molecule has 140 valence electrons. The van der Waals surface area contributed by atoms with Gasteiger partial charge in [-0.25, -0.2) is 4.99 Å². The summed E-state index contributed by atoms with van der Waals surface area (Å²) >= 11 is 6.25. The Balaban J connectivity index is 1.74. The standard InChI is InChI=1S/C20H26ClN3O2/c1-2-22-19(23-14-18-7-4-10-26-18)24-15-20(8-11-25-12-9-20)16-5-3-6-17(21)13-16/h3-7,10,13H,2,8-9,11-12,14-15H2,1H3,(H2,22,23,24). The molecule has 26 heavy (non-hydrogen) atoms. The van der Waals surface area contributed by atoms with E-state index < -0.39 is 0 Å². The summed E-state index contributed by atoms with van der Waals surface area (Å²) in [4.78, 5) is 4.63. The van der Waals surface area contributed by atoms with Crippen LogP contribution in [0.1, 0.15) is 31.1 Å². The second kappa shape index (κ2) is 9.10. The smallest absolute Gasteiger partial charge is 0.191 e. The van der Waals surface area contributed by atoms with Gasteiger partial charge in [-0.2, -0.15) is 0 Å². The fraction of sp³-hybridized carbons (Fsp3) is 0.450. The molecule has 1 aliphatic rings. The van der Waals surface area contributed by atoms with Crippen molar-refractivity contribution in [1.82, 2.24) is 10.6 Å². The number of aliphatic imine (C=N–C) groups is 1. The highest BCUT2D eigenvalue weighted by Crippen LogP contribution is 2.35. The lowest BCUT2D eigenvalue weighted by Gasteiger charge is -2.38. The van der Waals surface area contributed by atoms with Crippen molar-refractivity contribution in [2.75, 3.05) is 26.3 Å². The summed E-state index contributed by atoms with van der Waals surface area (Å²) in [7, 11) is 0. The predicted octanol–water partition coefficient (Wildman–Crippen LogP) is 3.74. The summed E-state index contributed by atoms with van der Waals surface area (Å²) in [5.74, 6) is 1.63. The van der Waals surface area contributed by atoms with E-state index in [2.05, 4.69) is 34.7 Å². The van der Waals surface area contributed by atoms with E-state index in [9.17, 15) is 0 Å². The minimum atomic E-state index is -0.00990. The van der Waals surface area contributed by atoms with E-state index in [1.807, 2.05) is 24.3 Å². The lowest BCUT2D eigenvalue weighted by Crippen LogP contribution is -2.48. The van der Waals surface area contributed by atoms with E-state index in [-0.39, 0.29) is 5.41 Å². The van der Waals surface area contributed by atoms with Crippen LogP contribution < -0.4 is 10.6 Å². The maximum atomic E-state index is 6.25. The van der Waals surface area contributed by atoms with Crippen LogP contribution in [0.3, 0.4) is 0 Å². The number of nitrogens with zero attached hydrogens (tertiary/aromatic N) is 1. The topological polar surface area (TPSA) is 58.8 Å². The first kappa shape index (κ1) is 18.8. The molecule has 1 fully saturated rings. The van der Waals surface area contributed by atoms with Crippen LogP contribution in [-0.4, -0.2) is 32.3 Å². The third-order valence-corrected chi connectivity index (χ3v) is 5.03. The van der Waals surface area contributed by atoms with E-state index in [4.69, 9.17) is 20.8 Å². The Labute approximate surface area is 159 Å². The average molecular weight is 376 g/mol. The van der Waals surface area contributed by atoms with Gasteiger partial charge in [-0.3, -0.25) is 0 Å². The molecule has 0 bridgehead atoms. The van der Waals surface area contributed by atoms with Crippen molar-refractivity contribution >= 4 is 17.6 Å². The van der Waals surface area contributed by atoms with Gasteiger partial charge < -0.3 is 19.8 Å². The Kier molecular flexibility index (Phi) is 6.58. The van der Waals surface area contributed by atoms with Crippen molar-refractivity contribution in [1.29, 1.82) is 0 Å². The second-order valence-corrected chi connectivity index (χ2v) is 6.97. The molecule has 0 radical (unpaired) electrons. The molecule has 0 aliphatic carbocycles. The van der Waals surface area contributed by atoms with Gasteiger partial charge in [0.15, 0.2) is 5.96 Å². The van der Waals surface area contributed by atoms with Crippen molar-refractivity contribution in [3.63, 3.8) is 0 Å². The average Bonchev–Trinajstić information content (AvgIpc) is 3.18. The first-order valence-corrected chi connectivity index (χ1v) is 9.48. The fourth-order valence-corrected chi connectivity index (χ4v) is 3.49. The summed E-state index contributed by atoms with van der Waals surface area (Å²) < 4.78 is 11.0. The lowest BCUT2D eigenvalue weighted by atomic mass is 9.74. The third kappa shape index (κ3) is 4.80. The molecule has 2 heterocycles. The lowest BCUT2D eigenvalue weighted by molar-refractivity contribution is 0.0514. The monoisotopic (exact) mass is 375 g/mol. The quantitative estimate of drug-likeness (QED) is 0.596. The summed E-state index contributed by atoms with van der Waals surface area (Å²) in [5, 5.41) is 7.58. The molecular weight excluding hydrogens is 350 g/mol. The van der Waals surface area contributed by atoms with Crippen molar-refractivity contribution in [3.05, 3.63) is 59.0 Å². The number of benzene rings is 1. The highest BCUT2D eigenvalue weighted by atomic mass is 35.5. The van der Waals surface area contributed by atoms with Crippen LogP contribution in [0.15, 0.2) is 52.1 Å². The van der Waals surface area contributed by atoms with Crippen LogP contribution in [0.2, 0.25) is 5.02 Å². The highest BCUT2D eigenvalue weighted by Gasteiger charge is 2.34. The molecule has 1 aliphatic heterocycles. The van der Waals surface area contributed by atoms with Gasteiger partial charge in [0, 0.05) is 36.7 Å². The van der Waals surface area contributed by atoms with E-state index in [0.717, 1.165) is 55.9 Å². The Morgan fingerprint density at radius 3 is 2.73 bits per heavy atom. The Morgan fingerprint density at radius 1 is 1.19 bits per heavy atom. The number of furan rings is 1. The molecule has 0 unspecified atom stereocenters. The first-order chi connectivity index (χ1) is 12.7. The number of ether oxygens (including phenoxy) is 1. The van der Waals surface area contributed by atoms with Gasteiger partial charge in [-0.15, -0.1) is 0 Å². The Bertz CT molecular complexity index is 710. The number of halogens is 1. The molecule has 0 spiro atoms. The summed E-state index contributed by atoms with van der Waals surface area (Å²) in [6.45, 7) is 5.67. The van der Waals surface area contributed by atoms with Crippen LogP contribution in [0.4, 0.5) is 0 Å². The Morgan fingerprint density at radius 2 is 2.04 bits per heavy atom. The molecule has 2 aromatic rings. The largest absolute Gasteiger partial charge is 0.467 e. The molecule has 3 rings (SSSR count). The summed E-state index contributed by atoms with van der Waals surface area (Å²) in [5.41, 5.74) is 1.24. The van der Waals surface area contributed by atoms with Crippen LogP contribution in [0.5, 0.6) is 0 Å². The van der Waals surface area contributed by atoms with Crippen LogP contribution in [0.25, 0.3) is 0 Å². The van der Waals surface area contributed by atoms with Crippen molar-refractivity contribution in [2.45, 2.75) is 31.7 Å². The minimum absolute atomic E-state index is 0.00990. The zero-order valence-electron chi connectivity index (χ0n) is 15.1. The number of guanidine groups is 1. The molecule has 0 amide bonds. The van der Waals surface area contributed by atoms with Crippen molar-refractivity contribution < 1.29 is 9.15 Å². The van der Waals surface area contributed by atoms with Crippen LogP contribution >= 0.6 is 11.6 Å². The second-order valence-electron chi connectivity index (χ2n) is 6.53.